The van der Waals surface area contributed by atoms with Crippen molar-refractivity contribution in [1.82, 2.24) is 9.55 Å². The molecule has 0 N–H and O–H groups in total. The van der Waals surface area contributed by atoms with Crippen molar-refractivity contribution < 1.29 is 9.31 Å². The first-order valence-corrected chi connectivity index (χ1v) is 5.63. The van der Waals surface area contributed by atoms with Crippen molar-refractivity contribution in [3.05, 3.63) is 57.9 Å². The molecular weight excluding hydrogens is 261 g/mol. The van der Waals surface area contributed by atoms with Gasteiger partial charge in [0.1, 0.15) is 5.82 Å². The number of benzene rings is 1. The second-order valence-corrected chi connectivity index (χ2v) is 3.97. The van der Waals surface area contributed by atoms with Gasteiger partial charge in [-0.2, -0.15) is 0 Å². The van der Waals surface area contributed by atoms with Gasteiger partial charge >= 0.3 is 0 Å². The molecular formula is C11H9ClFN3O2. The van der Waals surface area contributed by atoms with Gasteiger partial charge in [0.05, 0.1) is 34.9 Å². The highest BCUT2D eigenvalue weighted by molar-refractivity contribution is 6.16. The predicted molar refractivity (Wildman–Crippen MR) is 63.9 cm³/mol. The van der Waals surface area contributed by atoms with Crippen LogP contribution in [0.15, 0.2) is 30.7 Å². The number of halogens is 2. The summed E-state index contributed by atoms with van der Waals surface area (Å²) < 4.78 is 14.7. The summed E-state index contributed by atoms with van der Waals surface area (Å²) in [6, 6.07) is 3.38. The summed E-state index contributed by atoms with van der Waals surface area (Å²) in [6.45, 7) is 0.179. The topological polar surface area (TPSA) is 61.0 Å². The van der Waals surface area contributed by atoms with E-state index in [1.54, 1.807) is 10.8 Å². The molecule has 1 heterocycles. The van der Waals surface area contributed by atoms with Crippen LogP contribution in [-0.2, 0) is 12.4 Å². The van der Waals surface area contributed by atoms with E-state index >= 15 is 0 Å². The predicted octanol–water partition coefficient (Wildman–Crippen LogP) is 2.72. The van der Waals surface area contributed by atoms with Crippen molar-refractivity contribution in [2.24, 2.45) is 0 Å². The number of hydrogen-bond donors (Lipinski definition) is 0. The fraction of sp³-hybridized carbons (Fsp3) is 0.182. The van der Waals surface area contributed by atoms with Gasteiger partial charge < -0.3 is 4.57 Å². The van der Waals surface area contributed by atoms with Crippen LogP contribution in [0.2, 0.25) is 0 Å². The number of rotatable bonds is 4. The molecule has 0 saturated carbocycles. The summed E-state index contributed by atoms with van der Waals surface area (Å²) in [5.41, 5.74) is 0.840. The van der Waals surface area contributed by atoms with Gasteiger partial charge in [0, 0.05) is 12.3 Å². The lowest BCUT2D eigenvalue weighted by Crippen LogP contribution is -2.02. The Morgan fingerprint density at radius 3 is 2.89 bits per heavy atom. The monoisotopic (exact) mass is 269 g/mol. The molecule has 94 valence electrons. The third-order valence-corrected chi connectivity index (χ3v) is 2.69. The van der Waals surface area contributed by atoms with Gasteiger partial charge in [-0.05, 0) is 12.1 Å². The first-order valence-electron chi connectivity index (χ1n) is 5.09. The number of aromatic nitrogens is 2. The summed E-state index contributed by atoms with van der Waals surface area (Å²) >= 11 is 5.61. The lowest BCUT2D eigenvalue weighted by molar-refractivity contribution is -0.385. The van der Waals surface area contributed by atoms with E-state index < -0.39 is 10.7 Å². The number of nitro benzene ring substituents is 1. The number of alkyl halides is 1. The minimum absolute atomic E-state index is 0.113. The van der Waals surface area contributed by atoms with Gasteiger partial charge in [0.15, 0.2) is 0 Å². The molecule has 2 aromatic rings. The Balaban J connectivity index is 2.32. The summed E-state index contributed by atoms with van der Waals surface area (Å²) in [5, 5.41) is 10.8. The fourth-order valence-electron chi connectivity index (χ4n) is 1.62. The molecule has 7 heteroatoms. The fourth-order valence-corrected chi connectivity index (χ4v) is 1.76. The highest BCUT2D eigenvalue weighted by Crippen LogP contribution is 2.20. The van der Waals surface area contributed by atoms with Crippen LogP contribution in [0.4, 0.5) is 10.1 Å². The average Bonchev–Trinajstić information content (AvgIpc) is 2.76. The summed E-state index contributed by atoms with van der Waals surface area (Å²) in [7, 11) is 0. The van der Waals surface area contributed by atoms with Crippen molar-refractivity contribution in [3.8, 4) is 0 Å². The lowest BCUT2D eigenvalue weighted by Gasteiger charge is -2.04. The molecule has 0 saturated heterocycles. The van der Waals surface area contributed by atoms with E-state index in [0.717, 1.165) is 18.2 Å². The number of nitro groups is 1. The number of nitrogens with zero attached hydrogens (tertiary/aromatic N) is 3. The summed E-state index contributed by atoms with van der Waals surface area (Å²) in [5.74, 6) is -0.244. The zero-order valence-electron chi connectivity index (χ0n) is 9.22. The minimum atomic E-state index is -0.534. The standard InChI is InChI=1S/C11H9ClFN3O2/c12-4-10-6-15(7-14-10)5-8-3-9(13)1-2-11(8)16(17)18/h1-3,6-7H,4-5H2. The molecule has 0 bridgehead atoms. The van der Waals surface area contributed by atoms with Crippen LogP contribution in [0.25, 0.3) is 0 Å². The Hall–Kier alpha value is -1.95. The van der Waals surface area contributed by atoms with Crippen LogP contribution in [0.3, 0.4) is 0 Å². The minimum Gasteiger partial charge on any atom is -0.332 e. The van der Waals surface area contributed by atoms with Crippen LogP contribution in [0.1, 0.15) is 11.3 Å². The molecule has 5 nitrogen and oxygen atoms in total. The molecule has 1 aromatic heterocycles. The smallest absolute Gasteiger partial charge is 0.274 e. The van der Waals surface area contributed by atoms with Crippen LogP contribution in [0.5, 0.6) is 0 Å². The van der Waals surface area contributed by atoms with Crippen molar-refractivity contribution >= 4 is 17.3 Å². The van der Waals surface area contributed by atoms with Crippen molar-refractivity contribution in [1.29, 1.82) is 0 Å². The van der Waals surface area contributed by atoms with Crippen LogP contribution in [0, 0.1) is 15.9 Å². The maximum absolute atomic E-state index is 13.1. The third kappa shape index (κ3) is 2.65. The molecule has 1 aromatic carbocycles. The molecule has 0 radical (unpaired) electrons. The van der Waals surface area contributed by atoms with E-state index in [-0.39, 0.29) is 18.1 Å². The first-order chi connectivity index (χ1) is 8.60. The zero-order valence-corrected chi connectivity index (χ0v) is 9.97. The third-order valence-electron chi connectivity index (χ3n) is 2.41. The van der Waals surface area contributed by atoms with Gasteiger partial charge in [0.25, 0.3) is 5.69 Å². The first kappa shape index (κ1) is 12.5. The van der Waals surface area contributed by atoms with E-state index in [2.05, 4.69) is 4.98 Å². The quantitative estimate of drug-likeness (QED) is 0.487. The van der Waals surface area contributed by atoms with Crippen molar-refractivity contribution in [2.45, 2.75) is 12.4 Å². The second-order valence-electron chi connectivity index (χ2n) is 3.70. The summed E-state index contributed by atoms with van der Waals surface area (Å²) in [4.78, 5) is 14.3. The Morgan fingerprint density at radius 2 is 2.28 bits per heavy atom. The van der Waals surface area contributed by atoms with E-state index in [1.807, 2.05) is 0 Å². The molecule has 0 spiro atoms. The van der Waals surface area contributed by atoms with Crippen molar-refractivity contribution in [3.63, 3.8) is 0 Å². The van der Waals surface area contributed by atoms with E-state index in [9.17, 15) is 14.5 Å². The molecule has 0 aliphatic carbocycles. The molecule has 2 rings (SSSR count). The Labute approximate surface area is 107 Å². The summed E-state index contributed by atoms with van der Waals surface area (Å²) in [6.07, 6.45) is 3.17. The normalized spacial score (nSPS) is 10.6. The van der Waals surface area contributed by atoms with E-state index in [4.69, 9.17) is 11.6 Å². The van der Waals surface area contributed by atoms with Crippen LogP contribution >= 0.6 is 11.6 Å². The van der Waals surface area contributed by atoms with Crippen molar-refractivity contribution in [2.75, 3.05) is 0 Å². The zero-order chi connectivity index (χ0) is 13.1. The molecule has 18 heavy (non-hydrogen) atoms. The number of imidazole rings is 1. The Bertz CT molecular complexity index is 585. The van der Waals surface area contributed by atoms with Gasteiger partial charge in [-0.1, -0.05) is 0 Å². The average molecular weight is 270 g/mol. The molecule has 0 atom stereocenters. The largest absolute Gasteiger partial charge is 0.332 e. The molecule has 0 unspecified atom stereocenters. The maximum Gasteiger partial charge on any atom is 0.274 e. The highest BCUT2D eigenvalue weighted by Gasteiger charge is 2.14. The second kappa shape index (κ2) is 5.14. The van der Waals surface area contributed by atoms with Gasteiger partial charge in [-0.25, -0.2) is 9.37 Å². The Kier molecular flexibility index (Phi) is 3.57. The van der Waals surface area contributed by atoms with Crippen LogP contribution < -0.4 is 0 Å². The highest BCUT2D eigenvalue weighted by atomic mass is 35.5. The molecule has 0 aliphatic heterocycles. The lowest BCUT2D eigenvalue weighted by atomic mass is 10.1. The van der Waals surface area contributed by atoms with E-state index in [0.29, 0.717) is 11.3 Å². The van der Waals surface area contributed by atoms with Crippen LogP contribution in [-0.4, -0.2) is 14.5 Å². The Morgan fingerprint density at radius 1 is 1.50 bits per heavy atom. The van der Waals surface area contributed by atoms with Gasteiger partial charge in [0.2, 0.25) is 0 Å². The SMILES string of the molecule is O=[N+]([O-])c1ccc(F)cc1Cn1cnc(CCl)c1. The number of hydrogen-bond acceptors (Lipinski definition) is 3. The van der Waals surface area contributed by atoms with E-state index in [1.165, 1.54) is 6.33 Å². The molecule has 0 aliphatic rings. The molecule has 0 amide bonds. The molecule has 0 fully saturated rings. The van der Waals surface area contributed by atoms with Gasteiger partial charge in [-0.15, -0.1) is 11.6 Å². The maximum atomic E-state index is 13.1. The van der Waals surface area contributed by atoms with Gasteiger partial charge in [-0.3, -0.25) is 10.1 Å².